The van der Waals surface area contributed by atoms with Crippen molar-refractivity contribution in [2.45, 2.75) is 13.5 Å². The molecule has 1 aromatic carbocycles. The van der Waals surface area contributed by atoms with Gasteiger partial charge in [-0.3, -0.25) is 0 Å². The highest BCUT2D eigenvalue weighted by Gasteiger charge is 2.19. The Kier molecular flexibility index (Phi) is 6.68. The Labute approximate surface area is 181 Å². The van der Waals surface area contributed by atoms with E-state index in [1.54, 1.807) is 31.6 Å². The number of hydrogen-bond donors (Lipinski definition) is 0. The first-order valence-corrected chi connectivity index (χ1v) is 10.3. The summed E-state index contributed by atoms with van der Waals surface area (Å²) >= 11 is 0. The van der Waals surface area contributed by atoms with E-state index in [1.807, 2.05) is 41.1 Å². The van der Waals surface area contributed by atoms with Crippen LogP contribution in [-0.4, -0.2) is 58.4 Å². The molecule has 0 amide bonds. The van der Waals surface area contributed by atoms with Crippen LogP contribution < -0.4 is 4.90 Å². The number of carbonyl (C=O) groups excluding carboxylic acids is 1. The van der Waals surface area contributed by atoms with Crippen molar-refractivity contribution in [2.24, 2.45) is 0 Å². The van der Waals surface area contributed by atoms with E-state index in [9.17, 15) is 4.79 Å². The monoisotopic (exact) mass is 419 g/mol. The average molecular weight is 419 g/mol. The van der Waals surface area contributed by atoms with Crippen LogP contribution in [-0.2, 0) is 20.8 Å². The van der Waals surface area contributed by atoms with Gasteiger partial charge in [0.25, 0.3) is 0 Å². The van der Waals surface area contributed by atoms with Crippen LogP contribution in [0.1, 0.15) is 23.9 Å². The first-order chi connectivity index (χ1) is 15.2. The molecule has 0 saturated carbocycles. The number of esters is 1. The van der Waals surface area contributed by atoms with Crippen molar-refractivity contribution in [1.29, 1.82) is 0 Å². The number of imidazole rings is 1. The Morgan fingerprint density at radius 3 is 2.58 bits per heavy atom. The van der Waals surface area contributed by atoms with E-state index >= 15 is 0 Å². The molecule has 0 atom stereocenters. The number of ether oxygens (including phenoxy) is 2. The third-order valence-corrected chi connectivity index (χ3v) is 4.91. The van der Waals surface area contributed by atoms with E-state index in [2.05, 4.69) is 19.9 Å². The van der Waals surface area contributed by atoms with Crippen molar-refractivity contribution < 1.29 is 14.3 Å². The third kappa shape index (κ3) is 5.16. The van der Waals surface area contributed by atoms with Gasteiger partial charge in [-0.2, -0.15) is 0 Å². The van der Waals surface area contributed by atoms with Crippen LogP contribution in [0.4, 0.5) is 5.95 Å². The molecule has 3 aromatic rings. The zero-order valence-electron chi connectivity index (χ0n) is 17.5. The van der Waals surface area contributed by atoms with Gasteiger partial charge in [-0.1, -0.05) is 30.3 Å². The summed E-state index contributed by atoms with van der Waals surface area (Å²) in [4.78, 5) is 28.2. The molecule has 0 unspecified atom stereocenters. The Hall–Kier alpha value is -3.52. The Bertz CT molecular complexity index is 1020. The van der Waals surface area contributed by atoms with Crippen molar-refractivity contribution in [3.63, 3.8) is 0 Å². The molecule has 0 N–H and O–H groups in total. The number of nitrogens with zero attached hydrogens (tertiary/aromatic N) is 5. The van der Waals surface area contributed by atoms with Gasteiger partial charge in [0.1, 0.15) is 11.4 Å². The van der Waals surface area contributed by atoms with Crippen molar-refractivity contribution in [2.75, 3.05) is 37.8 Å². The molecule has 8 nitrogen and oxygen atoms in total. The first kappa shape index (κ1) is 20.7. The lowest BCUT2D eigenvalue weighted by atomic mass is 10.1. The molecule has 160 valence electrons. The molecule has 2 aromatic heterocycles. The van der Waals surface area contributed by atoms with Crippen LogP contribution in [0, 0.1) is 0 Å². The van der Waals surface area contributed by atoms with Gasteiger partial charge in [0.15, 0.2) is 0 Å². The molecule has 4 rings (SSSR count). The van der Waals surface area contributed by atoms with Crippen LogP contribution >= 0.6 is 0 Å². The molecule has 0 bridgehead atoms. The second-order valence-electron chi connectivity index (χ2n) is 7.06. The number of hydrogen-bond acceptors (Lipinski definition) is 7. The van der Waals surface area contributed by atoms with Crippen LogP contribution in [0.5, 0.6) is 0 Å². The minimum Gasteiger partial charge on any atom is -0.462 e. The van der Waals surface area contributed by atoms with E-state index in [-0.39, 0.29) is 6.61 Å². The minimum atomic E-state index is -0.430. The maximum atomic E-state index is 12.8. The summed E-state index contributed by atoms with van der Waals surface area (Å²) in [5.41, 5.74) is 2.18. The molecule has 8 heteroatoms. The highest BCUT2D eigenvalue weighted by molar-refractivity contribution is 6.20. The van der Waals surface area contributed by atoms with E-state index in [4.69, 9.17) is 9.47 Å². The fraction of sp³-hybridized carbons (Fsp3) is 0.304. The molecule has 1 fully saturated rings. The predicted molar refractivity (Wildman–Crippen MR) is 117 cm³/mol. The normalized spacial score (nSPS) is 14.5. The number of aromatic nitrogens is 4. The Balaban J connectivity index is 1.62. The van der Waals surface area contributed by atoms with Crippen molar-refractivity contribution in [1.82, 2.24) is 19.5 Å². The molecule has 1 saturated heterocycles. The second kappa shape index (κ2) is 9.99. The highest BCUT2D eigenvalue weighted by atomic mass is 16.5. The zero-order chi connectivity index (χ0) is 21.5. The fourth-order valence-corrected chi connectivity index (χ4v) is 3.38. The first-order valence-electron chi connectivity index (χ1n) is 10.3. The van der Waals surface area contributed by atoms with Gasteiger partial charge in [-0.15, -0.1) is 0 Å². The molecule has 1 aliphatic rings. The molecule has 3 heterocycles. The average Bonchev–Trinajstić information content (AvgIpc) is 3.27. The summed E-state index contributed by atoms with van der Waals surface area (Å²) in [6, 6.07) is 10.0. The van der Waals surface area contributed by atoms with Crippen molar-refractivity contribution >= 4 is 23.6 Å². The van der Waals surface area contributed by atoms with Gasteiger partial charge in [-0.25, -0.2) is 19.7 Å². The van der Waals surface area contributed by atoms with Gasteiger partial charge in [0.05, 0.1) is 19.8 Å². The SMILES string of the molecule is CCOC(=O)/C(=C\c1cnc(N2CCOCC2)nc1)c1nccn1Cc1ccccc1. The number of benzene rings is 1. The summed E-state index contributed by atoms with van der Waals surface area (Å²) in [6.07, 6.45) is 8.69. The maximum absolute atomic E-state index is 12.8. The quantitative estimate of drug-likeness (QED) is 0.430. The molecular weight excluding hydrogens is 394 g/mol. The van der Waals surface area contributed by atoms with Gasteiger partial charge in [0, 0.05) is 50.0 Å². The Morgan fingerprint density at radius 2 is 1.87 bits per heavy atom. The van der Waals surface area contributed by atoms with Crippen LogP contribution in [0.15, 0.2) is 55.1 Å². The van der Waals surface area contributed by atoms with Gasteiger partial charge in [0.2, 0.25) is 5.95 Å². The molecule has 0 spiro atoms. The third-order valence-electron chi connectivity index (χ3n) is 4.91. The molecule has 31 heavy (non-hydrogen) atoms. The van der Waals surface area contributed by atoms with Crippen molar-refractivity contribution in [3.8, 4) is 0 Å². The molecular formula is C23H25N5O3. The van der Waals surface area contributed by atoms with E-state index in [0.29, 0.717) is 42.7 Å². The van der Waals surface area contributed by atoms with Crippen LogP contribution in [0.3, 0.4) is 0 Å². The predicted octanol–water partition coefficient (Wildman–Crippen LogP) is 2.66. The summed E-state index contributed by atoms with van der Waals surface area (Å²) in [5, 5.41) is 0. The summed E-state index contributed by atoms with van der Waals surface area (Å²) in [6.45, 7) is 5.53. The summed E-state index contributed by atoms with van der Waals surface area (Å²) < 4.78 is 12.6. The largest absolute Gasteiger partial charge is 0.462 e. The zero-order valence-corrected chi connectivity index (χ0v) is 17.5. The molecule has 0 aliphatic carbocycles. The smallest absolute Gasteiger partial charge is 0.341 e. The number of morpholine rings is 1. The van der Waals surface area contributed by atoms with E-state index in [1.165, 1.54) is 0 Å². The van der Waals surface area contributed by atoms with Gasteiger partial charge < -0.3 is 18.9 Å². The lowest BCUT2D eigenvalue weighted by Gasteiger charge is -2.26. The molecule has 0 radical (unpaired) electrons. The topological polar surface area (TPSA) is 82.4 Å². The summed E-state index contributed by atoms with van der Waals surface area (Å²) in [7, 11) is 0. The number of rotatable bonds is 7. The van der Waals surface area contributed by atoms with E-state index < -0.39 is 5.97 Å². The van der Waals surface area contributed by atoms with E-state index in [0.717, 1.165) is 18.7 Å². The van der Waals surface area contributed by atoms with Crippen LogP contribution in [0.2, 0.25) is 0 Å². The molecule has 1 aliphatic heterocycles. The minimum absolute atomic E-state index is 0.280. The number of anilines is 1. The highest BCUT2D eigenvalue weighted by Crippen LogP contribution is 2.20. The maximum Gasteiger partial charge on any atom is 0.341 e. The second-order valence-corrected chi connectivity index (χ2v) is 7.06. The lowest BCUT2D eigenvalue weighted by Crippen LogP contribution is -2.37. The fourth-order valence-electron chi connectivity index (χ4n) is 3.38. The van der Waals surface area contributed by atoms with Crippen LogP contribution in [0.25, 0.3) is 11.6 Å². The number of carbonyl (C=O) groups is 1. The lowest BCUT2D eigenvalue weighted by molar-refractivity contribution is -0.136. The standard InChI is InChI=1S/C23H25N5O3/c1-2-31-22(29)20(21-24-8-9-28(21)17-18-6-4-3-5-7-18)14-19-15-25-23(26-16-19)27-10-12-30-13-11-27/h3-9,14-16H,2,10-13,17H2,1H3/b20-14-. The van der Waals surface area contributed by atoms with Crippen molar-refractivity contribution in [3.05, 3.63) is 72.1 Å². The van der Waals surface area contributed by atoms with Gasteiger partial charge >= 0.3 is 5.97 Å². The Morgan fingerprint density at radius 1 is 1.13 bits per heavy atom. The summed E-state index contributed by atoms with van der Waals surface area (Å²) in [5.74, 6) is 0.767. The van der Waals surface area contributed by atoms with Gasteiger partial charge in [-0.05, 0) is 18.6 Å².